The van der Waals surface area contributed by atoms with Crippen molar-refractivity contribution in [1.29, 1.82) is 0 Å². The summed E-state index contributed by atoms with van der Waals surface area (Å²) in [5.74, 6) is 0.0507. The molecule has 88 valence electrons. The Balaban J connectivity index is 2.16. The van der Waals surface area contributed by atoms with Gasteiger partial charge >= 0.3 is 0 Å². The zero-order valence-electron chi connectivity index (χ0n) is 8.85. The first-order valence-corrected chi connectivity index (χ1v) is 5.85. The molecule has 0 spiro atoms. The lowest BCUT2D eigenvalue weighted by molar-refractivity contribution is 0.168. The summed E-state index contributed by atoms with van der Waals surface area (Å²) in [4.78, 5) is 7.94. The standard InChI is InChI=1S/C12H10BrFN2O/c13-10-7-9(14)3-2-8(10)6-11(17)12-15-4-1-5-16-12/h1-5,7,11,17H,6H2. The molecule has 0 amide bonds. The van der Waals surface area contributed by atoms with Gasteiger partial charge in [0.1, 0.15) is 11.9 Å². The maximum Gasteiger partial charge on any atom is 0.157 e. The van der Waals surface area contributed by atoms with Gasteiger partial charge in [0.2, 0.25) is 0 Å². The number of aromatic nitrogens is 2. The van der Waals surface area contributed by atoms with E-state index < -0.39 is 6.10 Å². The number of hydrogen-bond acceptors (Lipinski definition) is 3. The molecule has 1 unspecified atom stereocenters. The molecular weight excluding hydrogens is 287 g/mol. The van der Waals surface area contributed by atoms with Gasteiger partial charge in [-0.1, -0.05) is 22.0 Å². The molecule has 2 rings (SSSR count). The van der Waals surface area contributed by atoms with E-state index in [1.807, 2.05) is 0 Å². The van der Waals surface area contributed by atoms with Crippen LogP contribution in [0.15, 0.2) is 41.1 Å². The molecule has 1 aromatic carbocycles. The van der Waals surface area contributed by atoms with E-state index in [1.165, 1.54) is 12.1 Å². The SMILES string of the molecule is OC(Cc1ccc(F)cc1Br)c1ncccn1. The van der Waals surface area contributed by atoms with Crippen LogP contribution in [-0.2, 0) is 6.42 Å². The van der Waals surface area contributed by atoms with Crippen LogP contribution in [-0.4, -0.2) is 15.1 Å². The summed E-state index contributed by atoms with van der Waals surface area (Å²) in [6, 6.07) is 6.04. The highest BCUT2D eigenvalue weighted by atomic mass is 79.9. The van der Waals surface area contributed by atoms with Crippen LogP contribution in [0.5, 0.6) is 0 Å². The molecule has 3 nitrogen and oxygen atoms in total. The Hall–Kier alpha value is -1.33. The molecule has 1 atom stereocenters. The molecule has 0 saturated heterocycles. The minimum atomic E-state index is -0.794. The Morgan fingerprint density at radius 3 is 2.65 bits per heavy atom. The van der Waals surface area contributed by atoms with Crippen LogP contribution in [0.1, 0.15) is 17.5 Å². The third-order valence-corrected chi connectivity index (χ3v) is 3.05. The van der Waals surface area contributed by atoms with Crippen molar-refractivity contribution in [3.63, 3.8) is 0 Å². The normalized spacial score (nSPS) is 12.4. The van der Waals surface area contributed by atoms with Crippen LogP contribution in [0.4, 0.5) is 4.39 Å². The molecule has 17 heavy (non-hydrogen) atoms. The van der Waals surface area contributed by atoms with Gasteiger partial charge in [-0.05, 0) is 23.8 Å². The van der Waals surface area contributed by atoms with Gasteiger partial charge in [-0.2, -0.15) is 0 Å². The molecule has 0 radical (unpaired) electrons. The van der Waals surface area contributed by atoms with Gasteiger partial charge in [-0.15, -0.1) is 0 Å². The van der Waals surface area contributed by atoms with Gasteiger partial charge in [0.15, 0.2) is 5.82 Å². The first-order chi connectivity index (χ1) is 8.16. The lowest BCUT2D eigenvalue weighted by Gasteiger charge is -2.10. The minimum Gasteiger partial charge on any atom is -0.385 e. The van der Waals surface area contributed by atoms with Gasteiger partial charge in [-0.25, -0.2) is 14.4 Å². The quantitative estimate of drug-likeness (QED) is 0.947. The lowest BCUT2D eigenvalue weighted by atomic mass is 10.1. The molecule has 0 aliphatic rings. The lowest BCUT2D eigenvalue weighted by Crippen LogP contribution is -2.06. The Bertz CT molecular complexity index is 507. The molecule has 0 aliphatic carbocycles. The second-order valence-electron chi connectivity index (χ2n) is 3.56. The summed E-state index contributed by atoms with van der Waals surface area (Å²) in [6.07, 6.45) is 2.69. The van der Waals surface area contributed by atoms with Crippen molar-refractivity contribution < 1.29 is 9.50 Å². The monoisotopic (exact) mass is 296 g/mol. The number of nitrogens with zero attached hydrogens (tertiary/aromatic N) is 2. The van der Waals surface area contributed by atoms with Crippen molar-refractivity contribution in [3.05, 3.63) is 58.3 Å². The first kappa shape index (κ1) is 12.1. The molecule has 1 heterocycles. The minimum absolute atomic E-state index is 0.314. The first-order valence-electron chi connectivity index (χ1n) is 5.05. The van der Waals surface area contributed by atoms with Crippen LogP contribution in [0.2, 0.25) is 0 Å². The van der Waals surface area contributed by atoms with E-state index >= 15 is 0 Å². The van der Waals surface area contributed by atoms with E-state index in [9.17, 15) is 9.50 Å². The number of aliphatic hydroxyl groups excluding tert-OH is 1. The number of rotatable bonds is 3. The summed E-state index contributed by atoms with van der Waals surface area (Å²) < 4.78 is 13.5. The number of halogens is 2. The molecule has 5 heteroatoms. The molecule has 0 fully saturated rings. The summed E-state index contributed by atoms with van der Waals surface area (Å²) in [7, 11) is 0. The second-order valence-corrected chi connectivity index (χ2v) is 4.42. The topological polar surface area (TPSA) is 46.0 Å². The van der Waals surface area contributed by atoms with Gasteiger partial charge in [0.05, 0.1) is 0 Å². The predicted molar refractivity (Wildman–Crippen MR) is 64.8 cm³/mol. The fraction of sp³-hybridized carbons (Fsp3) is 0.167. The Morgan fingerprint density at radius 2 is 2.00 bits per heavy atom. The van der Waals surface area contributed by atoms with E-state index in [1.54, 1.807) is 24.5 Å². The van der Waals surface area contributed by atoms with E-state index in [4.69, 9.17) is 0 Å². The van der Waals surface area contributed by atoms with Gasteiger partial charge in [0, 0.05) is 23.3 Å². The Morgan fingerprint density at radius 1 is 1.29 bits per heavy atom. The number of aliphatic hydroxyl groups is 1. The molecule has 0 aliphatic heterocycles. The van der Waals surface area contributed by atoms with Crippen molar-refractivity contribution in [1.82, 2.24) is 9.97 Å². The average molecular weight is 297 g/mol. The second kappa shape index (κ2) is 5.33. The summed E-state index contributed by atoms with van der Waals surface area (Å²) in [5.41, 5.74) is 0.811. The third kappa shape index (κ3) is 3.08. The maximum atomic E-state index is 12.9. The van der Waals surface area contributed by atoms with Crippen molar-refractivity contribution in [2.75, 3.05) is 0 Å². The van der Waals surface area contributed by atoms with Crippen LogP contribution in [0.3, 0.4) is 0 Å². The van der Waals surface area contributed by atoms with E-state index in [-0.39, 0.29) is 5.82 Å². The summed E-state index contributed by atoms with van der Waals surface area (Å²) >= 11 is 3.26. The van der Waals surface area contributed by atoms with Crippen LogP contribution < -0.4 is 0 Å². The third-order valence-electron chi connectivity index (χ3n) is 2.31. The van der Waals surface area contributed by atoms with Crippen molar-refractivity contribution in [3.8, 4) is 0 Å². The van der Waals surface area contributed by atoms with Crippen molar-refractivity contribution >= 4 is 15.9 Å². The van der Waals surface area contributed by atoms with Crippen molar-refractivity contribution in [2.45, 2.75) is 12.5 Å². The Labute approximate surface area is 106 Å². The molecule has 1 aromatic heterocycles. The highest BCUT2D eigenvalue weighted by Gasteiger charge is 2.13. The molecular formula is C12H10BrFN2O. The molecule has 1 N–H and O–H groups in total. The molecule has 2 aromatic rings. The predicted octanol–water partition coefficient (Wildman–Crippen LogP) is 2.65. The zero-order chi connectivity index (χ0) is 12.3. The summed E-state index contributed by atoms with van der Waals surface area (Å²) in [5, 5.41) is 9.93. The molecule has 0 bridgehead atoms. The van der Waals surface area contributed by atoms with Crippen LogP contribution in [0, 0.1) is 5.82 Å². The van der Waals surface area contributed by atoms with Crippen molar-refractivity contribution in [2.24, 2.45) is 0 Å². The smallest absolute Gasteiger partial charge is 0.157 e. The fourth-order valence-corrected chi connectivity index (χ4v) is 1.98. The molecule has 0 saturated carbocycles. The largest absolute Gasteiger partial charge is 0.385 e. The fourth-order valence-electron chi connectivity index (χ4n) is 1.47. The average Bonchev–Trinajstić information content (AvgIpc) is 2.34. The van der Waals surface area contributed by atoms with Crippen LogP contribution >= 0.6 is 15.9 Å². The van der Waals surface area contributed by atoms with Gasteiger partial charge in [0.25, 0.3) is 0 Å². The van der Waals surface area contributed by atoms with E-state index in [2.05, 4.69) is 25.9 Å². The van der Waals surface area contributed by atoms with Gasteiger partial charge in [-0.3, -0.25) is 0 Å². The van der Waals surface area contributed by atoms with E-state index in [0.717, 1.165) is 5.56 Å². The van der Waals surface area contributed by atoms with Gasteiger partial charge < -0.3 is 5.11 Å². The number of hydrogen-bond donors (Lipinski definition) is 1. The Kier molecular flexibility index (Phi) is 3.81. The number of benzene rings is 1. The summed E-state index contributed by atoms with van der Waals surface area (Å²) in [6.45, 7) is 0. The highest BCUT2D eigenvalue weighted by Crippen LogP contribution is 2.23. The zero-order valence-corrected chi connectivity index (χ0v) is 10.4. The maximum absolute atomic E-state index is 12.9. The van der Waals surface area contributed by atoms with E-state index in [0.29, 0.717) is 16.7 Å². The van der Waals surface area contributed by atoms with Crippen LogP contribution in [0.25, 0.3) is 0 Å². The highest BCUT2D eigenvalue weighted by molar-refractivity contribution is 9.10.